The van der Waals surface area contributed by atoms with Gasteiger partial charge in [0.1, 0.15) is 18.2 Å². The number of fused-ring (bicyclic) bond motifs is 1. The summed E-state index contributed by atoms with van der Waals surface area (Å²) in [4.78, 5) is 7.92. The molecule has 0 atom stereocenters. The standard InChI is InChI=1S/C15H17ClN6O3S/c1-15(2,20-11-6-7-18-14(16)19-11)8-25-10-5-3-4-9-12(10)13(17)22-26(23,24)21-9/h3-7,21H,8H2,1-2H3,(H2,17,22)(H,18,19,20). The summed E-state index contributed by atoms with van der Waals surface area (Å²) in [6.45, 7) is 4.07. The molecular weight excluding hydrogens is 380 g/mol. The van der Waals surface area contributed by atoms with E-state index in [0.717, 1.165) is 0 Å². The maximum Gasteiger partial charge on any atom is 0.344 e. The van der Waals surface area contributed by atoms with Crippen LogP contribution in [0.3, 0.4) is 0 Å². The first-order valence-electron chi connectivity index (χ1n) is 7.56. The van der Waals surface area contributed by atoms with Gasteiger partial charge in [0.2, 0.25) is 5.28 Å². The van der Waals surface area contributed by atoms with Crippen LogP contribution in [-0.2, 0) is 10.2 Å². The van der Waals surface area contributed by atoms with Crippen LogP contribution in [0.1, 0.15) is 19.4 Å². The van der Waals surface area contributed by atoms with Crippen molar-refractivity contribution >= 4 is 39.2 Å². The minimum Gasteiger partial charge on any atom is -0.490 e. The Morgan fingerprint density at radius 3 is 2.85 bits per heavy atom. The summed E-state index contributed by atoms with van der Waals surface area (Å²) in [5, 5.41) is 3.34. The number of ether oxygens (including phenoxy) is 1. The third-order valence-electron chi connectivity index (χ3n) is 3.42. The minimum atomic E-state index is -3.83. The number of amidine groups is 1. The second-order valence-electron chi connectivity index (χ2n) is 6.24. The summed E-state index contributed by atoms with van der Waals surface area (Å²) in [6.07, 6.45) is 1.55. The number of nitrogens with one attached hydrogen (secondary N) is 2. The summed E-state index contributed by atoms with van der Waals surface area (Å²) in [7, 11) is -3.83. The van der Waals surface area contributed by atoms with Gasteiger partial charge in [-0.05, 0) is 43.6 Å². The van der Waals surface area contributed by atoms with Crippen LogP contribution in [0.25, 0.3) is 0 Å². The third kappa shape index (κ3) is 4.14. The highest BCUT2D eigenvalue weighted by Crippen LogP contribution is 2.31. The number of nitrogens with zero attached hydrogens (tertiary/aromatic N) is 3. The molecule has 1 aromatic carbocycles. The van der Waals surface area contributed by atoms with E-state index in [1.54, 1.807) is 30.5 Å². The van der Waals surface area contributed by atoms with Crippen LogP contribution >= 0.6 is 11.6 Å². The molecule has 1 aliphatic rings. The molecule has 0 spiro atoms. The lowest BCUT2D eigenvalue weighted by Gasteiger charge is -2.28. The number of benzene rings is 1. The van der Waals surface area contributed by atoms with Crippen molar-refractivity contribution in [3.8, 4) is 5.75 Å². The number of aromatic nitrogens is 2. The molecule has 26 heavy (non-hydrogen) atoms. The van der Waals surface area contributed by atoms with Gasteiger partial charge in [-0.3, -0.25) is 4.72 Å². The Morgan fingerprint density at radius 1 is 1.35 bits per heavy atom. The third-order valence-corrected chi connectivity index (χ3v) is 4.52. The normalized spacial score (nSPS) is 15.4. The second kappa shape index (κ2) is 6.61. The van der Waals surface area contributed by atoms with Crippen molar-refractivity contribution < 1.29 is 13.2 Å². The number of hydrogen-bond donors (Lipinski definition) is 3. The fourth-order valence-electron chi connectivity index (χ4n) is 2.38. The molecule has 0 amide bonds. The molecule has 1 aliphatic heterocycles. The average molecular weight is 397 g/mol. The summed E-state index contributed by atoms with van der Waals surface area (Å²) in [5.74, 6) is 0.854. The fraction of sp³-hybridized carbons (Fsp3) is 0.267. The summed E-state index contributed by atoms with van der Waals surface area (Å²) < 4.78 is 34.9. The number of hydrogen-bond acceptors (Lipinski definition) is 7. The molecule has 0 unspecified atom stereocenters. The quantitative estimate of drug-likeness (QED) is 0.656. The number of rotatable bonds is 5. The monoisotopic (exact) mass is 396 g/mol. The molecule has 2 heterocycles. The van der Waals surface area contributed by atoms with E-state index in [1.807, 2.05) is 13.8 Å². The van der Waals surface area contributed by atoms with Crippen LogP contribution in [0.15, 0.2) is 34.9 Å². The van der Waals surface area contributed by atoms with E-state index < -0.39 is 15.7 Å². The molecule has 0 aliphatic carbocycles. The smallest absolute Gasteiger partial charge is 0.344 e. The Kier molecular flexibility index (Phi) is 4.63. The van der Waals surface area contributed by atoms with Crippen LogP contribution in [0.5, 0.6) is 5.75 Å². The molecule has 11 heteroatoms. The van der Waals surface area contributed by atoms with Gasteiger partial charge in [-0.1, -0.05) is 6.07 Å². The van der Waals surface area contributed by atoms with Crippen LogP contribution in [0, 0.1) is 0 Å². The maximum atomic E-state index is 11.6. The lowest BCUT2D eigenvalue weighted by Crippen LogP contribution is -2.38. The summed E-state index contributed by atoms with van der Waals surface area (Å²) in [6, 6.07) is 6.64. The Balaban J connectivity index is 1.78. The highest BCUT2D eigenvalue weighted by atomic mass is 35.5. The van der Waals surface area contributed by atoms with Crippen molar-refractivity contribution in [3.05, 3.63) is 41.3 Å². The van der Waals surface area contributed by atoms with Gasteiger partial charge in [-0.25, -0.2) is 9.97 Å². The molecule has 0 saturated heterocycles. The van der Waals surface area contributed by atoms with Crippen LogP contribution in [0.2, 0.25) is 5.28 Å². The fourth-order valence-corrected chi connectivity index (χ4v) is 3.37. The van der Waals surface area contributed by atoms with E-state index >= 15 is 0 Å². The zero-order valence-corrected chi connectivity index (χ0v) is 15.6. The lowest BCUT2D eigenvalue weighted by atomic mass is 10.1. The van der Waals surface area contributed by atoms with Crippen molar-refractivity contribution in [1.82, 2.24) is 9.97 Å². The molecular formula is C15H17ClN6O3S. The largest absolute Gasteiger partial charge is 0.490 e. The van der Waals surface area contributed by atoms with Crippen molar-refractivity contribution in [2.24, 2.45) is 10.1 Å². The van der Waals surface area contributed by atoms with Gasteiger partial charge in [0.15, 0.2) is 5.84 Å². The van der Waals surface area contributed by atoms with Gasteiger partial charge in [0.05, 0.1) is 16.8 Å². The molecule has 138 valence electrons. The number of halogens is 1. The Labute approximate surface area is 155 Å². The molecule has 0 fully saturated rings. The van der Waals surface area contributed by atoms with Gasteiger partial charge in [0.25, 0.3) is 0 Å². The Bertz CT molecular complexity index is 977. The van der Waals surface area contributed by atoms with Gasteiger partial charge in [-0.15, -0.1) is 4.40 Å². The maximum absolute atomic E-state index is 11.6. The average Bonchev–Trinajstić information content (AvgIpc) is 2.51. The lowest BCUT2D eigenvalue weighted by molar-refractivity contribution is 0.256. The van der Waals surface area contributed by atoms with Crippen molar-refractivity contribution in [2.75, 3.05) is 16.6 Å². The van der Waals surface area contributed by atoms with Crippen molar-refractivity contribution in [1.29, 1.82) is 0 Å². The number of anilines is 2. The second-order valence-corrected chi connectivity index (χ2v) is 7.92. The molecule has 2 aromatic rings. The van der Waals surface area contributed by atoms with E-state index in [0.29, 0.717) is 22.8 Å². The zero-order chi connectivity index (χ0) is 18.9. The molecule has 0 radical (unpaired) electrons. The first-order valence-corrected chi connectivity index (χ1v) is 9.38. The van der Waals surface area contributed by atoms with Crippen molar-refractivity contribution in [3.63, 3.8) is 0 Å². The van der Waals surface area contributed by atoms with Gasteiger partial charge < -0.3 is 15.8 Å². The predicted molar refractivity (Wildman–Crippen MR) is 99.9 cm³/mol. The predicted octanol–water partition coefficient (Wildman–Crippen LogP) is 1.78. The summed E-state index contributed by atoms with van der Waals surface area (Å²) >= 11 is 5.79. The first-order chi connectivity index (χ1) is 12.2. The van der Waals surface area contributed by atoms with E-state index in [9.17, 15) is 8.42 Å². The highest BCUT2D eigenvalue weighted by molar-refractivity contribution is 7.91. The topological polar surface area (TPSA) is 132 Å². The van der Waals surface area contributed by atoms with Crippen molar-refractivity contribution in [2.45, 2.75) is 19.4 Å². The van der Waals surface area contributed by atoms with Gasteiger partial charge in [0, 0.05) is 6.20 Å². The Morgan fingerprint density at radius 2 is 2.12 bits per heavy atom. The molecule has 3 rings (SSSR count). The first kappa shape index (κ1) is 18.2. The molecule has 4 N–H and O–H groups in total. The summed E-state index contributed by atoms with van der Waals surface area (Å²) in [5.41, 5.74) is 6.02. The van der Waals surface area contributed by atoms with E-state index in [1.165, 1.54) is 0 Å². The van der Waals surface area contributed by atoms with E-state index in [2.05, 4.69) is 24.4 Å². The molecule has 0 bridgehead atoms. The van der Waals surface area contributed by atoms with E-state index in [4.69, 9.17) is 22.1 Å². The van der Waals surface area contributed by atoms with Crippen LogP contribution < -0.4 is 20.5 Å². The van der Waals surface area contributed by atoms with E-state index in [-0.39, 0.29) is 17.7 Å². The van der Waals surface area contributed by atoms with Crippen LogP contribution in [0.4, 0.5) is 11.5 Å². The zero-order valence-electron chi connectivity index (χ0n) is 14.0. The highest BCUT2D eigenvalue weighted by Gasteiger charge is 2.26. The number of nitrogens with two attached hydrogens (primary N) is 1. The SMILES string of the molecule is CC(C)(COc1cccc2c1C(N)=NS(=O)(=O)N2)Nc1ccnc(Cl)n1. The molecule has 0 saturated carbocycles. The minimum absolute atomic E-state index is 0.123. The molecule has 9 nitrogen and oxygen atoms in total. The Hall–Kier alpha value is -2.59. The van der Waals surface area contributed by atoms with Gasteiger partial charge >= 0.3 is 10.2 Å². The van der Waals surface area contributed by atoms with Crippen LogP contribution in [-0.4, -0.2) is 36.4 Å². The van der Waals surface area contributed by atoms with Gasteiger partial charge in [-0.2, -0.15) is 8.42 Å². The molecule has 1 aromatic heterocycles.